The van der Waals surface area contributed by atoms with Crippen molar-refractivity contribution >= 4 is 16.8 Å². The number of hydrogen-bond donors (Lipinski definition) is 1. The molecule has 0 radical (unpaired) electrons. The largest absolute Gasteiger partial charge is 0.494 e. The first-order valence-corrected chi connectivity index (χ1v) is 7.16. The molecule has 21 heavy (non-hydrogen) atoms. The van der Waals surface area contributed by atoms with Gasteiger partial charge < -0.3 is 14.9 Å². The molecule has 0 bridgehead atoms. The quantitative estimate of drug-likeness (QED) is 0.561. The van der Waals surface area contributed by atoms with Gasteiger partial charge in [0.25, 0.3) is 0 Å². The Morgan fingerprint density at radius 1 is 1.14 bits per heavy atom. The standard InChI is InChI=1S/C17H18N2O2/c1-2-3-11-20-13-9-7-12(8-10-13)17-19-16-14(18)5-4-6-15(16)21-17/h4-10H,2-3,11,18H2,1H3. The maximum atomic E-state index is 5.90. The average molecular weight is 282 g/mol. The fourth-order valence-electron chi connectivity index (χ4n) is 2.12. The monoisotopic (exact) mass is 282 g/mol. The Labute approximate surface area is 123 Å². The number of hydrogen-bond acceptors (Lipinski definition) is 4. The van der Waals surface area contributed by atoms with Crippen molar-refractivity contribution in [3.05, 3.63) is 42.5 Å². The van der Waals surface area contributed by atoms with Gasteiger partial charge in [-0.25, -0.2) is 4.98 Å². The van der Waals surface area contributed by atoms with Gasteiger partial charge in [0, 0.05) is 5.56 Å². The smallest absolute Gasteiger partial charge is 0.227 e. The zero-order valence-corrected chi connectivity index (χ0v) is 12.0. The Morgan fingerprint density at radius 2 is 1.95 bits per heavy atom. The van der Waals surface area contributed by atoms with Gasteiger partial charge in [-0.3, -0.25) is 0 Å². The van der Waals surface area contributed by atoms with Crippen LogP contribution in [0.3, 0.4) is 0 Å². The van der Waals surface area contributed by atoms with E-state index in [1.54, 1.807) is 0 Å². The Hall–Kier alpha value is -2.49. The van der Waals surface area contributed by atoms with Crippen molar-refractivity contribution in [3.8, 4) is 17.2 Å². The van der Waals surface area contributed by atoms with E-state index >= 15 is 0 Å². The molecule has 0 saturated carbocycles. The third-order valence-electron chi connectivity index (χ3n) is 3.32. The lowest BCUT2D eigenvalue weighted by Crippen LogP contribution is -1.95. The molecule has 0 aliphatic carbocycles. The predicted molar refractivity (Wildman–Crippen MR) is 84.3 cm³/mol. The molecule has 0 atom stereocenters. The van der Waals surface area contributed by atoms with Crippen LogP contribution in [0.5, 0.6) is 5.75 Å². The third-order valence-corrected chi connectivity index (χ3v) is 3.32. The summed E-state index contributed by atoms with van der Waals surface area (Å²) in [5, 5.41) is 0. The lowest BCUT2D eigenvalue weighted by Gasteiger charge is -2.05. The zero-order valence-electron chi connectivity index (χ0n) is 12.0. The highest BCUT2D eigenvalue weighted by atomic mass is 16.5. The number of benzene rings is 2. The summed E-state index contributed by atoms with van der Waals surface area (Å²) >= 11 is 0. The van der Waals surface area contributed by atoms with E-state index in [0.29, 0.717) is 22.7 Å². The van der Waals surface area contributed by atoms with Gasteiger partial charge in [0.05, 0.1) is 12.3 Å². The van der Waals surface area contributed by atoms with Gasteiger partial charge in [-0.2, -0.15) is 0 Å². The number of ether oxygens (including phenoxy) is 1. The molecule has 108 valence electrons. The van der Waals surface area contributed by atoms with E-state index in [1.165, 1.54) is 0 Å². The number of rotatable bonds is 5. The number of fused-ring (bicyclic) bond motifs is 1. The molecule has 3 rings (SSSR count). The van der Waals surface area contributed by atoms with E-state index in [-0.39, 0.29) is 0 Å². The first kappa shape index (κ1) is 13.5. The van der Waals surface area contributed by atoms with Gasteiger partial charge in [0.1, 0.15) is 11.3 Å². The summed E-state index contributed by atoms with van der Waals surface area (Å²) in [4.78, 5) is 4.46. The van der Waals surface area contributed by atoms with Crippen molar-refractivity contribution in [1.29, 1.82) is 0 Å². The number of nitrogens with zero attached hydrogens (tertiary/aromatic N) is 1. The molecule has 0 fully saturated rings. The summed E-state index contributed by atoms with van der Waals surface area (Å²) in [6.07, 6.45) is 2.19. The highest BCUT2D eigenvalue weighted by Crippen LogP contribution is 2.28. The van der Waals surface area contributed by atoms with Gasteiger partial charge in [-0.15, -0.1) is 0 Å². The topological polar surface area (TPSA) is 61.3 Å². The molecule has 4 nitrogen and oxygen atoms in total. The van der Waals surface area contributed by atoms with Crippen LogP contribution in [0.25, 0.3) is 22.6 Å². The number of para-hydroxylation sites is 1. The molecule has 0 aliphatic rings. The zero-order chi connectivity index (χ0) is 14.7. The fourth-order valence-corrected chi connectivity index (χ4v) is 2.12. The number of nitrogens with two attached hydrogens (primary N) is 1. The summed E-state index contributed by atoms with van der Waals surface area (Å²) in [6.45, 7) is 2.89. The van der Waals surface area contributed by atoms with Crippen molar-refractivity contribution in [3.63, 3.8) is 0 Å². The van der Waals surface area contributed by atoms with Crippen molar-refractivity contribution in [2.24, 2.45) is 0 Å². The molecule has 1 aromatic heterocycles. The second-order valence-corrected chi connectivity index (χ2v) is 4.94. The van der Waals surface area contributed by atoms with Crippen LogP contribution in [-0.4, -0.2) is 11.6 Å². The molecular weight excluding hydrogens is 264 g/mol. The molecule has 4 heteroatoms. The van der Waals surface area contributed by atoms with Gasteiger partial charge in [-0.05, 0) is 42.8 Å². The summed E-state index contributed by atoms with van der Waals surface area (Å²) in [6, 6.07) is 13.3. The Kier molecular flexibility index (Phi) is 3.77. The van der Waals surface area contributed by atoms with Crippen molar-refractivity contribution < 1.29 is 9.15 Å². The molecule has 2 N–H and O–H groups in total. The third kappa shape index (κ3) is 2.84. The number of unbranched alkanes of at least 4 members (excludes halogenated alkanes) is 1. The van der Waals surface area contributed by atoms with E-state index in [1.807, 2.05) is 42.5 Å². The highest BCUT2D eigenvalue weighted by molar-refractivity contribution is 5.87. The van der Waals surface area contributed by atoms with Crippen LogP contribution in [0, 0.1) is 0 Å². The SMILES string of the molecule is CCCCOc1ccc(-c2nc3c(N)cccc3o2)cc1. The average Bonchev–Trinajstić information content (AvgIpc) is 2.94. The Morgan fingerprint density at radius 3 is 2.67 bits per heavy atom. The number of anilines is 1. The number of aromatic nitrogens is 1. The minimum atomic E-state index is 0.572. The molecule has 2 aromatic carbocycles. The summed E-state index contributed by atoms with van der Waals surface area (Å²) < 4.78 is 11.4. The summed E-state index contributed by atoms with van der Waals surface area (Å²) in [5.41, 5.74) is 8.84. The van der Waals surface area contributed by atoms with E-state index in [0.717, 1.165) is 30.8 Å². The van der Waals surface area contributed by atoms with E-state index in [9.17, 15) is 0 Å². The lowest BCUT2D eigenvalue weighted by atomic mass is 10.2. The molecule has 0 aliphatic heterocycles. The second kappa shape index (κ2) is 5.87. The maximum Gasteiger partial charge on any atom is 0.227 e. The van der Waals surface area contributed by atoms with Crippen molar-refractivity contribution in [2.75, 3.05) is 12.3 Å². The first-order chi connectivity index (χ1) is 10.3. The van der Waals surface area contributed by atoms with Gasteiger partial charge >= 0.3 is 0 Å². The Balaban J connectivity index is 1.83. The van der Waals surface area contributed by atoms with E-state index < -0.39 is 0 Å². The van der Waals surface area contributed by atoms with Crippen LogP contribution in [0.15, 0.2) is 46.9 Å². The fraction of sp³-hybridized carbons (Fsp3) is 0.235. The Bertz CT molecular complexity index is 732. The van der Waals surface area contributed by atoms with Crippen LogP contribution in [0.4, 0.5) is 5.69 Å². The summed E-state index contributed by atoms with van der Waals surface area (Å²) in [5.74, 6) is 1.44. The number of oxazole rings is 1. The van der Waals surface area contributed by atoms with Gasteiger partial charge in [-0.1, -0.05) is 19.4 Å². The maximum absolute atomic E-state index is 5.90. The van der Waals surface area contributed by atoms with Crippen LogP contribution in [0.2, 0.25) is 0 Å². The normalized spacial score (nSPS) is 10.9. The number of nitrogen functional groups attached to an aromatic ring is 1. The van der Waals surface area contributed by atoms with E-state index in [4.69, 9.17) is 14.9 Å². The second-order valence-electron chi connectivity index (χ2n) is 4.94. The minimum Gasteiger partial charge on any atom is -0.494 e. The molecular formula is C17H18N2O2. The van der Waals surface area contributed by atoms with E-state index in [2.05, 4.69) is 11.9 Å². The van der Waals surface area contributed by atoms with Gasteiger partial charge in [0.2, 0.25) is 5.89 Å². The molecule has 3 aromatic rings. The lowest BCUT2D eigenvalue weighted by molar-refractivity contribution is 0.309. The molecule has 1 heterocycles. The molecule has 0 amide bonds. The van der Waals surface area contributed by atoms with Crippen LogP contribution in [-0.2, 0) is 0 Å². The predicted octanol–water partition coefficient (Wildman–Crippen LogP) is 4.26. The first-order valence-electron chi connectivity index (χ1n) is 7.16. The van der Waals surface area contributed by atoms with Crippen LogP contribution < -0.4 is 10.5 Å². The van der Waals surface area contributed by atoms with Gasteiger partial charge in [0.15, 0.2) is 5.58 Å². The summed E-state index contributed by atoms with van der Waals surface area (Å²) in [7, 11) is 0. The molecule has 0 unspecified atom stereocenters. The van der Waals surface area contributed by atoms with Crippen molar-refractivity contribution in [1.82, 2.24) is 4.98 Å². The van der Waals surface area contributed by atoms with Crippen LogP contribution in [0.1, 0.15) is 19.8 Å². The molecule has 0 spiro atoms. The minimum absolute atomic E-state index is 0.572. The van der Waals surface area contributed by atoms with Crippen molar-refractivity contribution in [2.45, 2.75) is 19.8 Å². The van der Waals surface area contributed by atoms with Crippen LogP contribution >= 0.6 is 0 Å². The highest BCUT2D eigenvalue weighted by Gasteiger charge is 2.10. The molecule has 0 saturated heterocycles.